The quantitative estimate of drug-likeness (QED) is 0.794. The van der Waals surface area contributed by atoms with Crippen LogP contribution in [0.25, 0.3) is 11.3 Å². The van der Waals surface area contributed by atoms with Crippen molar-refractivity contribution in [3.63, 3.8) is 0 Å². The molecule has 3 rings (SSSR count). The summed E-state index contributed by atoms with van der Waals surface area (Å²) in [6, 6.07) is 15.9. The number of amides is 1. The maximum Gasteiger partial charge on any atom is 0.263 e. The van der Waals surface area contributed by atoms with E-state index in [9.17, 15) is 9.18 Å². The number of carbonyl (C=O) groups is 1. The number of rotatable bonds is 4. The van der Waals surface area contributed by atoms with Gasteiger partial charge in [-0.05, 0) is 6.07 Å². The van der Waals surface area contributed by atoms with E-state index in [4.69, 9.17) is 0 Å². The highest BCUT2D eigenvalue weighted by atomic mass is 32.1. The number of carbonyl (C=O) groups excluding carboxylic acids is 1. The molecule has 1 aromatic heterocycles. The molecule has 0 saturated carbocycles. The minimum absolute atomic E-state index is 0.150. The van der Waals surface area contributed by atoms with Gasteiger partial charge < -0.3 is 5.32 Å². The molecule has 3 nitrogen and oxygen atoms in total. The first-order valence-corrected chi connectivity index (χ1v) is 7.64. The highest BCUT2D eigenvalue weighted by Gasteiger charge is 2.16. The molecule has 0 aliphatic rings. The lowest BCUT2D eigenvalue weighted by Crippen LogP contribution is -2.23. The predicted octanol–water partition coefficient (Wildman–Crippen LogP) is 3.88. The lowest BCUT2D eigenvalue weighted by molar-refractivity contribution is 0.0955. The summed E-state index contributed by atoms with van der Waals surface area (Å²) in [7, 11) is 0. The molecular formula is C17H13FN2OS. The van der Waals surface area contributed by atoms with Crippen LogP contribution in [0.3, 0.4) is 0 Å². The molecule has 0 aliphatic carbocycles. The van der Waals surface area contributed by atoms with Gasteiger partial charge in [0.25, 0.3) is 5.91 Å². The third-order valence-corrected chi connectivity index (χ3v) is 4.04. The maximum absolute atomic E-state index is 13.6. The van der Waals surface area contributed by atoms with E-state index in [1.54, 1.807) is 23.7 Å². The molecule has 1 heterocycles. The summed E-state index contributed by atoms with van der Waals surface area (Å²) in [5, 5.41) is 2.74. The van der Waals surface area contributed by atoms with Crippen molar-refractivity contribution in [1.82, 2.24) is 10.3 Å². The Morgan fingerprint density at radius 3 is 2.59 bits per heavy atom. The van der Waals surface area contributed by atoms with E-state index in [1.165, 1.54) is 17.4 Å². The standard InChI is InChI=1S/C17H13FN2OS/c18-14-9-5-4-8-13(14)10-19-17(21)16-15(20-11-22-16)12-6-2-1-3-7-12/h1-9,11H,10H2,(H,19,21). The van der Waals surface area contributed by atoms with Crippen molar-refractivity contribution < 1.29 is 9.18 Å². The van der Waals surface area contributed by atoms with Gasteiger partial charge in [0, 0.05) is 17.7 Å². The lowest BCUT2D eigenvalue weighted by atomic mass is 10.1. The van der Waals surface area contributed by atoms with Crippen LogP contribution in [0.5, 0.6) is 0 Å². The van der Waals surface area contributed by atoms with Crippen molar-refractivity contribution in [2.75, 3.05) is 0 Å². The predicted molar refractivity (Wildman–Crippen MR) is 85.1 cm³/mol. The van der Waals surface area contributed by atoms with Crippen LogP contribution < -0.4 is 5.32 Å². The molecule has 0 unspecified atom stereocenters. The Kier molecular flexibility index (Phi) is 4.25. The first-order valence-electron chi connectivity index (χ1n) is 6.76. The summed E-state index contributed by atoms with van der Waals surface area (Å²) in [4.78, 5) is 17.1. The number of nitrogens with one attached hydrogen (secondary N) is 1. The molecule has 1 amide bonds. The van der Waals surface area contributed by atoms with Gasteiger partial charge in [0.05, 0.1) is 11.2 Å². The molecule has 2 aromatic carbocycles. The topological polar surface area (TPSA) is 42.0 Å². The van der Waals surface area contributed by atoms with E-state index < -0.39 is 0 Å². The highest BCUT2D eigenvalue weighted by Crippen LogP contribution is 2.25. The molecule has 3 aromatic rings. The van der Waals surface area contributed by atoms with Crippen LogP contribution in [0.1, 0.15) is 15.2 Å². The Morgan fingerprint density at radius 1 is 1.09 bits per heavy atom. The van der Waals surface area contributed by atoms with Crippen molar-refractivity contribution in [3.8, 4) is 11.3 Å². The number of halogens is 1. The van der Waals surface area contributed by atoms with Crippen LogP contribution in [0.15, 0.2) is 60.1 Å². The fourth-order valence-electron chi connectivity index (χ4n) is 2.11. The van der Waals surface area contributed by atoms with Crippen LogP contribution >= 0.6 is 11.3 Å². The van der Waals surface area contributed by atoms with Gasteiger partial charge in [0.2, 0.25) is 0 Å². The zero-order valence-corrected chi connectivity index (χ0v) is 12.4. The van der Waals surface area contributed by atoms with Gasteiger partial charge in [0.15, 0.2) is 0 Å². The maximum atomic E-state index is 13.6. The van der Waals surface area contributed by atoms with E-state index in [0.717, 1.165) is 5.56 Å². The van der Waals surface area contributed by atoms with Crippen molar-refractivity contribution in [1.29, 1.82) is 0 Å². The Morgan fingerprint density at radius 2 is 1.82 bits per heavy atom. The van der Waals surface area contributed by atoms with E-state index >= 15 is 0 Å². The number of thiazole rings is 1. The Balaban J connectivity index is 1.77. The molecule has 5 heteroatoms. The summed E-state index contributed by atoms with van der Waals surface area (Å²) >= 11 is 1.27. The minimum Gasteiger partial charge on any atom is -0.347 e. The molecule has 0 fully saturated rings. The van der Waals surface area contributed by atoms with Crippen LogP contribution in [0, 0.1) is 5.82 Å². The summed E-state index contributed by atoms with van der Waals surface area (Å²) in [5.41, 5.74) is 3.64. The molecule has 0 atom stereocenters. The van der Waals surface area contributed by atoms with Gasteiger partial charge >= 0.3 is 0 Å². The van der Waals surface area contributed by atoms with Crippen molar-refractivity contribution in [3.05, 3.63) is 76.4 Å². The Hall–Kier alpha value is -2.53. The first kappa shape index (κ1) is 14.4. The molecule has 22 heavy (non-hydrogen) atoms. The third-order valence-electron chi connectivity index (χ3n) is 3.22. The van der Waals surface area contributed by atoms with Crippen molar-refractivity contribution in [2.45, 2.75) is 6.54 Å². The van der Waals surface area contributed by atoms with Gasteiger partial charge in [-0.3, -0.25) is 4.79 Å². The van der Waals surface area contributed by atoms with Gasteiger partial charge in [-0.2, -0.15) is 0 Å². The molecule has 0 saturated heterocycles. The summed E-state index contributed by atoms with van der Waals surface area (Å²) in [5.74, 6) is -0.569. The minimum atomic E-state index is -0.324. The molecule has 0 aliphatic heterocycles. The second-order valence-corrected chi connectivity index (χ2v) is 5.52. The summed E-state index contributed by atoms with van der Waals surface area (Å²) in [6.45, 7) is 0.150. The van der Waals surface area contributed by atoms with Gasteiger partial charge in [-0.15, -0.1) is 11.3 Å². The third kappa shape index (κ3) is 3.04. The molecule has 1 N–H and O–H groups in total. The van der Waals surface area contributed by atoms with E-state index in [1.807, 2.05) is 30.3 Å². The number of hydrogen-bond acceptors (Lipinski definition) is 3. The van der Waals surface area contributed by atoms with E-state index in [0.29, 0.717) is 16.1 Å². The van der Waals surface area contributed by atoms with Crippen LogP contribution in [0.4, 0.5) is 4.39 Å². The fraction of sp³-hybridized carbons (Fsp3) is 0.0588. The normalized spacial score (nSPS) is 10.4. The van der Waals surface area contributed by atoms with Gasteiger partial charge in [-0.1, -0.05) is 48.5 Å². The Bertz CT molecular complexity index is 786. The fourth-order valence-corrected chi connectivity index (χ4v) is 2.83. The van der Waals surface area contributed by atoms with Crippen LogP contribution in [-0.4, -0.2) is 10.9 Å². The van der Waals surface area contributed by atoms with Gasteiger partial charge in [-0.25, -0.2) is 9.37 Å². The average molecular weight is 312 g/mol. The zero-order chi connectivity index (χ0) is 15.4. The largest absolute Gasteiger partial charge is 0.347 e. The first-order chi connectivity index (χ1) is 10.8. The smallest absolute Gasteiger partial charge is 0.263 e. The summed E-state index contributed by atoms with van der Waals surface area (Å²) in [6.07, 6.45) is 0. The van der Waals surface area contributed by atoms with Gasteiger partial charge in [0.1, 0.15) is 10.7 Å². The second kappa shape index (κ2) is 6.49. The monoisotopic (exact) mass is 312 g/mol. The molecule has 0 spiro atoms. The highest BCUT2D eigenvalue weighted by molar-refractivity contribution is 7.12. The second-order valence-electron chi connectivity index (χ2n) is 4.67. The molecule has 110 valence electrons. The van der Waals surface area contributed by atoms with E-state index in [-0.39, 0.29) is 18.3 Å². The number of benzene rings is 2. The van der Waals surface area contributed by atoms with Crippen LogP contribution in [0.2, 0.25) is 0 Å². The number of aromatic nitrogens is 1. The molecule has 0 bridgehead atoms. The Labute approximate surface area is 131 Å². The number of nitrogens with zero attached hydrogens (tertiary/aromatic N) is 1. The van der Waals surface area contributed by atoms with Crippen molar-refractivity contribution >= 4 is 17.2 Å². The van der Waals surface area contributed by atoms with Crippen molar-refractivity contribution in [2.24, 2.45) is 0 Å². The zero-order valence-electron chi connectivity index (χ0n) is 11.6. The number of hydrogen-bond donors (Lipinski definition) is 1. The lowest BCUT2D eigenvalue weighted by Gasteiger charge is -2.06. The van der Waals surface area contributed by atoms with Crippen LogP contribution in [-0.2, 0) is 6.54 Å². The van der Waals surface area contributed by atoms with E-state index in [2.05, 4.69) is 10.3 Å². The average Bonchev–Trinajstić information content (AvgIpc) is 3.04. The molecule has 0 radical (unpaired) electrons. The summed E-state index contributed by atoms with van der Waals surface area (Å²) < 4.78 is 13.6. The molecular weight excluding hydrogens is 299 g/mol. The SMILES string of the molecule is O=C(NCc1ccccc1F)c1scnc1-c1ccccc1.